The molecule has 0 spiro atoms. The van der Waals surface area contributed by atoms with E-state index in [1.165, 1.54) is 11.0 Å². The molecule has 0 saturated carbocycles. The molecule has 214 valence electrons. The van der Waals surface area contributed by atoms with Gasteiger partial charge < -0.3 is 10.2 Å². The molecule has 7 nitrogen and oxygen atoms in total. The summed E-state index contributed by atoms with van der Waals surface area (Å²) in [7, 11) is -3.92. The smallest absolute Gasteiger partial charge is 0.244 e. The minimum absolute atomic E-state index is 0.0540. The lowest BCUT2D eigenvalue weighted by atomic mass is 10.0. The summed E-state index contributed by atoms with van der Waals surface area (Å²) in [5, 5.41) is 3.84. The van der Waals surface area contributed by atoms with Gasteiger partial charge in [0.2, 0.25) is 21.8 Å². The maximum absolute atomic E-state index is 14.1. The number of para-hydroxylation sites is 1. The zero-order valence-corrected chi connectivity index (χ0v) is 25.6. The Hall–Kier alpha value is -2.78. The van der Waals surface area contributed by atoms with Crippen LogP contribution in [0, 0.1) is 5.92 Å². The number of benzene rings is 3. The monoisotopic (exact) mass is 623 g/mol. The maximum atomic E-state index is 14.1. The van der Waals surface area contributed by atoms with Crippen molar-refractivity contribution < 1.29 is 18.0 Å². The van der Waals surface area contributed by atoms with Crippen LogP contribution in [0.4, 0.5) is 5.69 Å². The van der Waals surface area contributed by atoms with Crippen LogP contribution in [-0.2, 0) is 32.6 Å². The van der Waals surface area contributed by atoms with Crippen molar-refractivity contribution in [1.29, 1.82) is 0 Å². The van der Waals surface area contributed by atoms with Crippen molar-refractivity contribution in [3.63, 3.8) is 0 Å². The second-order valence-electron chi connectivity index (χ2n) is 9.82. The molecule has 3 rings (SSSR count). The predicted octanol–water partition coefficient (Wildman–Crippen LogP) is 5.83. The molecule has 1 atom stereocenters. The Bertz CT molecular complexity index is 1440. The SMILES string of the molecule is CC(C)CNC(=O)[C@@H](Cc1ccccc1)N(Cc1ccc(Cl)cc1Cl)C(=O)CN(c1ccccc1Cl)S(C)(=O)=O. The van der Waals surface area contributed by atoms with E-state index in [1.807, 2.05) is 44.2 Å². The van der Waals surface area contributed by atoms with E-state index in [0.29, 0.717) is 22.2 Å². The molecule has 3 aromatic carbocycles. The quantitative estimate of drug-likeness (QED) is 0.275. The van der Waals surface area contributed by atoms with Crippen molar-refractivity contribution in [3.8, 4) is 0 Å². The number of rotatable bonds is 12. The summed E-state index contributed by atoms with van der Waals surface area (Å²) in [6, 6.07) is 19.6. The van der Waals surface area contributed by atoms with Crippen LogP contribution in [0.15, 0.2) is 72.8 Å². The second kappa shape index (κ2) is 14.2. The van der Waals surface area contributed by atoms with Crippen LogP contribution in [-0.4, -0.2) is 50.5 Å². The first-order chi connectivity index (χ1) is 18.9. The lowest BCUT2D eigenvalue weighted by Crippen LogP contribution is -2.53. The highest BCUT2D eigenvalue weighted by Crippen LogP contribution is 2.28. The fourth-order valence-corrected chi connectivity index (χ4v) is 5.68. The number of nitrogens with zero attached hydrogens (tertiary/aromatic N) is 2. The van der Waals surface area contributed by atoms with Crippen LogP contribution in [0.1, 0.15) is 25.0 Å². The van der Waals surface area contributed by atoms with Gasteiger partial charge in [-0.25, -0.2) is 8.42 Å². The molecule has 1 N–H and O–H groups in total. The second-order valence-corrected chi connectivity index (χ2v) is 13.0. The van der Waals surface area contributed by atoms with Crippen LogP contribution < -0.4 is 9.62 Å². The molecular weight excluding hydrogens is 593 g/mol. The third-order valence-electron chi connectivity index (χ3n) is 6.11. The first kappa shape index (κ1) is 31.7. The van der Waals surface area contributed by atoms with Crippen LogP contribution in [0.5, 0.6) is 0 Å². The summed E-state index contributed by atoms with van der Waals surface area (Å²) in [4.78, 5) is 29.1. The molecule has 0 aliphatic heterocycles. The number of carbonyl (C=O) groups excluding carboxylic acids is 2. The van der Waals surface area contributed by atoms with Crippen LogP contribution in [0.2, 0.25) is 15.1 Å². The van der Waals surface area contributed by atoms with E-state index in [0.717, 1.165) is 16.1 Å². The average Bonchev–Trinajstić information content (AvgIpc) is 2.89. The zero-order chi connectivity index (χ0) is 29.4. The Labute approximate surface area is 251 Å². The molecule has 40 heavy (non-hydrogen) atoms. The van der Waals surface area contributed by atoms with Gasteiger partial charge >= 0.3 is 0 Å². The molecular formula is C29H32Cl3N3O4S. The Morgan fingerprint density at radius 2 is 1.55 bits per heavy atom. The van der Waals surface area contributed by atoms with Crippen molar-refractivity contribution in [2.75, 3.05) is 23.7 Å². The van der Waals surface area contributed by atoms with Crippen LogP contribution in [0.25, 0.3) is 0 Å². The van der Waals surface area contributed by atoms with E-state index < -0.39 is 28.5 Å². The van der Waals surface area contributed by atoms with Gasteiger partial charge in [0.1, 0.15) is 12.6 Å². The van der Waals surface area contributed by atoms with Gasteiger partial charge in [-0.15, -0.1) is 0 Å². The van der Waals surface area contributed by atoms with Gasteiger partial charge in [-0.1, -0.05) is 97.2 Å². The summed E-state index contributed by atoms with van der Waals surface area (Å²) in [6.45, 7) is 3.72. The number of halogens is 3. The molecule has 0 aromatic heterocycles. The highest BCUT2D eigenvalue weighted by Gasteiger charge is 2.33. The molecule has 0 fully saturated rings. The zero-order valence-electron chi connectivity index (χ0n) is 22.5. The van der Waals surface area contributed by atoms with Gasteiger partial charge in [-0.2, -0.15) is 0 Å². The van der Waals surface area contributed by atoms with Crippen molar-refractivity contribution in [3.05, 3.63) is 99.0 Å². The number of hydrogen-bond acceptors (Lipinski definition) is 4. The van der Waals surface area contributed by atoms with Crippen molar-refractivity contribution in [2.24, 2.45) is 5.92 Å². The molecule has 0 aliphatic rings. The Morgan fingerprint density at radius 1 is 0.900 bits per heavy atom. The van der Waals surface area contributed by atoms with Gasteiger partial charge in [-0.3, -0.25) is 13.9 Å². The standard InChI is InChI=1S/C29H32Cl3N3O4S/c1-20(2)17-33-29(37)27(15-21-9-5-4-6-10-21)34(18-22-13-14-23(30)16-25(22)32)28(36)19-35(40(3,38)39)26-12-8-7-11-24(26)31/h4-14,16,20,27H,15,17-19H2,1-3H3,(H,33,37)/t27-/m1/s1. The van der Waals surface area contributed by atoms with E-state index in [1.54, 1.807) is 36.4 Å². The molecule has 0 unspecified atom stereocenters. The molecule has 2 amide bonds. The average molecular weight is 625 g/mol. The number of carbonyl (C=O) groups is 2. The fraction of sp³-hybridized carbons (Fsp3) is 0.310. The third-order valence-corrected chi connectivity index (χ3v) is 8.14. The van der Waals surface area contributed by atoms with Gasteiger partial charge in [0, 0.05) is 29.6 Å². The normalized spacial score (nSPS) is 12.2. The van der Waals surface area contributed by atoms with E-state index in [-0.39, 0.29) is 35.5 Å². The topological polar surface area (TPSA) is 86.8 Å². The Morgan fingerprint density at radius 3 is 2.15 bits per heavy atom. The van der Waals surface area contributed by atoms with E-state index >= 15 is 0 Å². The van der Waals surface area contributed by atoms with Gasteiger partial charge in [0.25, 0.3) is 0 Å². The molecule has 0 saturated heterocycles. The predicted molar refractivity (Wildman–Crippen MR) is 162 cm³/mol. The maximum Gasteiger partial charge on any atom is 0.244 e. The number of nitrogens with one attached hydrogen (secondary N) is 1. The van der Waals surface area contributed by atoms with Crippen LogP contribution in [0.3, 0.4) is 0 Å². The van der Waals surface area contributed by atoms with E-state index in [2.05, 4.69) is 5.32 Å². The van der Waals surface area contributed by atoms with Crippen molar-refractivity contribution in [1.82, 2.24) is 10.2 Å². The van der Waals surface area contributed by atoms with Crippen molar-refractivity contribution in [2.45, 2.75) is 32.9 Å². The molecule has 0 bridgehead atoms. The molecule has 11 heteroatoms. The van der Waals surface area contributed by atoms with Crippen LogP contribution >= 0.6 is 34.8 Å². The van der Waals surface area contributed by atoms with Crippen molar-refractivity contribution >= 4 is 62.3 Å². The number of sulfonamides is 1. The Balaban J connectivity index is 2.08. The highest BCUT2D eigenvalue weighted by molar-refractivity contribution is 7.92. The minimum atomic E-state index is -3.92. The first-order valence-electron chi connectivity index (χ1n) is 12.6. The van der Waals surface area contributed by atoms with E-state index in [9.17, 15) is 18.0 Å². The van der Waals surface area contributed by atoms with Gasteiger partial charge in [0.15, 0.2) is 0 Å². The number of amides is 2. The molecule has 0 radical (unpaired) electrons. The first-order valence-corrected chi connectivity index (χ1v) is 15.6. The summed E-state index contributed by atoms with van der Waals surface area (Å²) in [5.74, 6) is -0.784. The lowest BCUT2D eigenvalue weighted by molar-refractivity contribution is -0.140. The molecule has 0 heterocycles. The minimum Gasteiger partial charge on any atom is -0.354 e. The molecule has 0 aliphatic carbocycles. The van der Waals surface area contributed by atoms with Gasteiger partial charge in [0.05, 0.1) is 17.0 Å². The Kier molecular flexibility index (Phi) is 11.3. The number of anilines is 1. The molecule has 3 aromatic rings. The third kappa shape index (κ3) is 8.86. The summed E-state index contributed by atoms with van der Waals surface area (Å²) in [5.41, 5.74) is 1.55. The largest absolute Gasteiger partial charge is 0.354 e. The highest BCUT2D eigenvalue weighted by atomic mass is 35.5. The number of hydrogen-bond donors (Lipinski definition) is 1. The van der Waals surface area contributed by atoms with E-state index in [4.69, 9.17) is 34.8 Å². The summed E-state index contributed by atoms with van der Waals surface area (Å²) >= 11 is 18.9. The van der Waals surface area contributed by atoms with Gasteiger partial charge in [-0.05, 0) is 41.3 Å². The lowest BCUT2D eigenvalue weighted by Gasteiger charge is -2.34. The summed E-state index contributed by atoms with van der Waals surface area (Å²) in [6.07, 6.45) is 1.20. The summed E-state index contributed by atoms with van der Waals surface area (Å²) < 4.78 is 26.6. The fourth-order valence-electron chi connectivity index (χ4n) is 4.06.